The molecule has 0 spiro atoms. The number of halogens is 1. The van der Waals surface area contributed by atoms with Crippen LogP contribution in [0.2, 0.25) is 0 Å². The second-order valence-corrected chi connectivity index (χ2v) is 6.22. The van der Waals surface area contributed by atoms with Gasteiger partial charge in [-0.05, 0) is 38.3 Å². The maximum Gasteiger partial charge on any atom is 0.220 e. The number of aryl methyl sites for hydroxylation is 3. The van der Waals surface area contributed by atoms with E-state index in [9.17, 15) is 9.18 Å². The molecule has 0 radical (unpaired) electrons. The van der Waals surface area contributed by atoms with Gasteiger partial charge in [-0.1, -0.05) is 18.2 Å². The molecule has 0 aliphatic heterocycles. The van der Waals surface area contributed by atoms with Crippen molar-refractivity contribution in [2.24, 2.45) is 0 Å². The summed E-state index contributed by atoms with van der Waals surface area (Å²) in [5.41, 5.74) is 1.64. The third-order valence-corrected chi connectivity index (χ3v) is 4.39. The minimum absolute atomic E-state index is 0.00297. The highest BCUT2D eigenvalue weighted by atomic mass is 32.1. The first-order valence-electron chi connectivity index (χ1n) is 6.99. The van der Waals surface area contributed by atoms with Gasteiger partial charge < -0.3 is 5.32 Å². The molecule has 112 valence electrons. The predicted molar refractivity (Wildman–Crippen MR) is 83.0 cm³/mol. The Morgan fingerprint density at radius 3 is 2.71 bits per heavy atom. The fourth-order valence-electron chi connectivity index (χ4n) is 2.16. The molecular weight excluding hydrogens is 287 g/mol. The molecule has 0 saturated heterocycles. The van der Waals surface area contributed by atoms with E-state index in [4.69, 9.17) is 0 Å². The van der Waals surface area contributed by atoms with Crippen LogP contribution in [-0.4, -0.2) is 17.4 Å². The maximum absolute atomic E-state index is 13.4. The lowest BCUT2D eigenvalue weighted by Gasteiger charge is -2.06. The van der Waals surface area contributed by atoms with Gasteiger partial charge in [-0.2, -0.15) is 0 Å². The van der Waals surface area contributed by atoms with Gasteiger partial charge in [-0.15, -0.1) is 11.3 Å². The highest BCUT2D eigenvalue weighted by Crippen LogP contribution is 2.18. The van der Waals surface area contributed by atoms with Crippen LogP contribution in [0.5, 0.6) is 0 Å². The summed E-state index contributed by atoms with van der Waals surface area (Å²) in [6, 6.07) is 6.64. The number of nitrogens with zero attached hydrogens (tertiary/aromatic N) is 1. The van der Waals surface area contributed by atoms with Gasteiger partial charge >= 0.3 is 0 Å². The second kappa shape index (κ2) is 7.31. The van der Waals surface area contributed by atoms with Crippen molar-refractivity contribution in [2.45, 2.75) is 33.1 Å². The molecule has 0 bridgehead atoms. The Morgan fingerprint density at radius 1 is 1.29 bits per heavy atom. The zero-order valence-corrected chi connectivity index (χ0v) is 13.1. The smallest absolute Gasteiger partial charge is 0.220 e. The van der Waals surface area contributed by atoms with E-state index in [0.717, 1.165) is 15.6 Å². The van der Waals surface area contributed by atoms with Crippen molar-refractivity contribution < 1.29 is 9.18 Å². The van der Waals surface area contributed by atoms with Gasteiger partial charge in [0.15, 0.2) is 0 Å². The van der Waals surface area contributed by atoms with E-state index >= 15 is 0 Å². The van der Waals surface area contributed by atoms with E-state index in [1.54, 1.807) is 29.5 Å². The summed E-state index contributed by atoms with van der Waals surface area (Å²) in [6.45, 7) is 4.39. The van der Waals surface area contributed by atoms with E-state index in [2.05, 4.69) is 10.3 Å². The van der Waals surface area contributed by atoms with Crippen LogP contribution in [0.3, 0.4) is 0 Å². The SMILES string of the molecule is Cc1nc(C)c(CCC(=O)NCCc2ccccc2F)s1. The minimum atomic E-state index is -0.220. The summed E-state index contributed by atoms with van der Waals surface area (Å²) < 4.78 is 13.4. The fourth-order valence-corrected chi connectivity index (χ4v) is 3.10. The molecular formula is C16H19FN2OS. The van der Waals surface area contributed by atoms with Crippen molar-refractivity contribution in [3.05, 3.63) is 51.2 Å². The summed E-state index contributed by atoms with van der Waals surface area (Å²) >= 11 is 1.64. The van der Waals surface area contributed by atoms with E-state index in [1.807, 2.05) is 13.8 Å². The highest BCUT2D eigenvalue weighted by Gasteiger charge is 2.08. The Balaban J connectivity index is 1.73. The molecule has 0 atom stereocenters. The molecule has 1 heterocycles. The maximum atomic E-state index is 13.4. The molecule has 1 amide bonds. The fraction of sp³-hybridized carbons (Fsp3) is 0.375. The first-order valence-corrected chi connectivity index (χ1v) is 7.81. The van der Waals surface area contributed by atoms with Crippen molar-refractivity contribution in [3.63, 3.8) is 0 Å². The molecule has 2 aromatic rings. The number of amides is 1. The number of nitrogens with one attached hydrogen (secondary N) is 1. The summed E-state index contributed by atoms with van der Waals surface area (Å²) in [5, 5.41) is 3.86. The van der Waals surface area contributed by atoms with Gasteiger partial charge in [0.1, 0.15) is 5.82 Å². The van der Waals surface area contributed by atoms with Crippen molar-refractivity contribution in [1.82, 2.24) is 10.3 Å². The van der Waals surface area contributed by atoms with Crippen LogP contribution in [0.25, 0.3) is 0 Å². The van der Waals surface area contributed by atoms with Crippen LogP contribution >= 0.6 is 11.3 Å². The average molecular weight is 306 g/mol. The summed E-state index contributed by atoms with van der Waals surface area (Å²) in [4.78, 5) is 17.3. The molecule has 0 aliphatic carbocycles. The number of rotatable bonds is 6. The normalized spacial score (nSPS) is 10.6. The lowest BCUT2D eigenvalue weighted by Crippen LogP contribution is -2.26. The molecule has 5 heteroatoms. The van der Waals surface area contributed by atoms with E-state index < -0.39 is 0 Å². The van der Waals surface area contributed by atoms with Crippen LogP contribution in [0.1, 0.15) is 27.6 Å². The topological polar surface area (TPSA) is 42.0 Å². The zero-order chi connectivity index (χ0) is 15.2. The molecule has 0 fully saturated rings. The molecule has 0 aliphatic rings. The lowest BCUT2D eigenvalue weighted by atomic mass is 10.1. The minimum Gasteiger partial charge on any atom is -0.356 e. The van der Waals surface area contributed by atoms with Crippen molar-refractivity contribution in [2.75, 3.05) is 6.54 Å². The Bertz CT molecular complexity index is 624. The van der Waals surface area contributed by atoms with Crippen molar-refractivity contribution in [1.29, 1.82) is 0 Å². The molecule has 1 N–H and O–H groups in total. The zero-order valence-electron chi connectivity index (χ0n) is 12.3. The molecule has 3 nitrogen and oxygen atoms in total. The first-order chi connectivity index (χ1) is 10.1. The first kappa shape index (κ1) is 15.6. The standard InChI is InChI=1S/C16H19FN2OS/c1-11-15(21-12(2)19-11)7-8-16(20)18-10-9-13-5-3-4-6-14(13)17/h3-6H,7-10H2,1-2H3,(H,18,20). The van der Waals surface area contributed by atoms with Crippen LogP contribution in [0.15, 0.2) is 24.3 Å². The number of carbonyl (C=O) groups excluding carboxylic acids is 1. The summed E-state index contributed by atoms with van der Waals surface area (Å²) in [7, 11) is 0. The Kier molecular flexibility index (Phi) is 5.44. The number of thiazole rings is 1. The number of carbonyl (C=O) groups is 1. The number of benzene rings is 1. The Labute approximate surface area is 128 Å². The van der Waals surface area contributed by atoms with Crippen LogP contribution < -0.4 is 5.32 Å². The lowest BCUT2D eigenvalue weighted by molar-refractivity contribution is -0.121. The van der Waals surface area contributed by atoms with Gasteiger partial charge in [-0.3, -0.25) is 4.79 Å². The van der Waals surface area contributed by atoms with Crippen LogP contribution in [-0.2, 0) is 17.6 Å². The van der Waals surface area contributed by atoms with Crippen LogP contribution in [0.4, 0.5) is 4.39 Å². The predicted octanol–water partition coefficient (Wildman–Crippen LogP) is 3.19. The highest BCUT2D eigenvalue weighted by molar-refractivity contribution is 7.11. The second-order valence-electron chi connectivity index (χ2n) is 4.93. The summed E-state index contributed by atoms with van der Waals surface area (Å²) in [6.07, 6.45) is 1.67. The molecule has 2 rings (SSSR count). The molecule has 1 aromatic carbocycles. The number of hydrogen-bond acceptors (Lipinski definition) is 3. The third kappa shape index (κ3) is 4.63. The quantitative estimate of drug-likeness (QED) is 0.890. The third-order valence-electron chi connectivity index (χ3n) is 3.25. The average Bonchev–Trinajstić information content (AvgIpc) is 2.77. The van der Waals surface area contributed by atoms with Gasteiger partial charge in [0, 0.05) is 17.8 Å². The van der Waals surface area contributed by atoms with Gasteiger partial charge in [0.05, 0.1) is 10.7 Å². The molecule has 21 heavy (non-hydrogen) atoms. The van der Waals surface area contributed by atoms with Gasteiger partial charge in [0.2, 0.25) is 5.91 Å². The van der Waals surface area contributed by atoms with Crippen molar-refractivity contribution >= 4 is 17.2 Å². The Morgan fingerprint density at radius 2 is 2.05 bits per heavy atom. The Hall–Kier alpha value is -1.75. The number of aromatic nitrogens is 1. The van der Waals surface area contributed by atoms with E-state index in [1.165, 1.54) is 6.07 Å². The number of hydrogen-bond donors (Lipinski definition) is 1. The molecule has 0 saturated carbocycles. The monoisotopic (exact) mass is 306 g/mol. The van der Waals surface area contributed by atoms with Crippen molar-refractivity contribution in [3.8, 4) is 0 Å². The van der Waals surface area contributed by atoms with Gasteiger partial charge in [0.25, 0.3) is 0 Å². The summed E-state index contributed by atoms with van der Waals surface area (Å²) in [5.74, 6) is -0.223. The largest absolute Gasteiger partial charge is 0.356 e. The molecule has 1 aromatic heterocycles. The van der Waals surface area contributed by atoms with Gasteiger partial charge in [-0.25, -0.2) is 9.37 Å². The van der Waals surface area contributed by atoms with E-state index in [-0.39, 0.29) is 11.7 Å². The van der Waals surface area contributed by atoms with E-state index in [0.29, 0.717) is 31.4 Å². The molecule has 0 unspecified atom stereocenters. The van der Waals surface area contributed by atoms with Crippen LogP contribution in [0, 0.1) is 19.7 Å².